The number of hydrogen-bond acceptors (Lipinski definition) is 6. The van der Waals surface area contributed by atoms with Crippen LogP contribution in [0, 0.1) is 6.92 Å². The Labute approximate surface area is 175 Å². The second-order valence-corrected chi connectivity index (χ2v) is 11.6. The molecule has 1 atom stereocenters. The number of hydrogen-bond donors (Lipinski definition) is 1. The minimum Gasteiger partial charge on any atom is -0.487 e. The maximum absolute atomic E-state index is 12.6. The van der Waals surface area contributed by atoms with Crippen LogP contribution in [0.25, 0.3) is 11.0 Å². The van der Waals surface area contributed by atoms with Gasteiger partial charge in [-0.15, -0.1) is 0 Å². The van der Waals surface area contributed by atoms with Gasteiger partial charge in [-0.3, -0.25) is 4.79 Å². The third kappa shape index (κ3) is 3.97. The van der Waals surface area contributed by atoms with Crippen molar-refractivity contribution < 1.29 is 22.4 Å². The van der Waals surface area contributed by atoms with Crippen LogP contribution in [-0.4, -0.2) is 37.0 Å². The smallest absolute Gasteiger partial charge is 0.340 e. The van der Waals surface area contributed by atoms with Gasteiger partial charge < -0.3 is 14.5 Å². The van der Waals surface area contributed by atoms with Crippen LogP contribution in [0.4, 0.5) is 0 Å². The standard InChI is InChI=1S/C22H27NO6S/c1-13-15-9-14-5-6-21(2,3)29-17(14)11-18(15)28-20(25)16(13)10-19(24)23-22(4)7-8-30(26,27)12-22/h9,11H,5-8,10,12H2,1-4H3,(H,23,24)/t22-/m1/s1. The molecular formula is C22H27NO6S. The van der Waals surface area contributed by atoms with Gasteiger partial charge in [0, 0.05) is 11.5 Å². The number of benzene rings is 1. The van der Waals surface area contributed by atoms with E-state index in [0.717, 1.165) is 29.5 Å². The Morgan fingerprint density at radius 1 is 1.20 bits per heavy atom. The zero-order chi connectivity index (χ0) is 21.9. The highest BCUT2D eigenvalue weighted by Crippen LogP contribution is 2.36. The van der Waals surface area contributed by atoms with Crippen LogP contribution < -0.4 is 15.7 Å². The van der Waals surface area contributed by atoms with Gasteiger partial charge in [-0.2, -0.15) is 0 Å². The second kappa shape index (κ2) is 6.83. The Balaban J connectivity index is 1.64. The van der Waals surface area contributed by atoms with E-state index in [1.54, 1.807) is 13.0 Å². The van der Waals surface area contributed by atoms with Crippen molar-refractivity contribution in [3.05, 3.63) is 39.2 Å². The molecule has 0 spiro atoms. The molecule has 0 unspecified atom stereocenters. The molecule has 0 bridgehead atoms. The molecule has 1 aromatic heterocycles. The predicted octanol–water partition coefficient (Wildman–Crippen LogP) is 2.44. The minimum absolute atomic E-state index is 0.0604. The first-order valence-electron chi connectivity index (χ1n) is 10.2. The number of carbonyl (C=O) groups is 1. The minimum atomic E-state index is -3.14. The number of carbonyl (C=O) groups excluding carboxylic acids is 1. The Kier molecular flexibility index (Phi) is 4.76. The second-order valence-electron chi connectivity index (χ2n) is 9.44. The molecular weight excluding hydrogens is 406 g/mol. The topological polar surface area (TPSA) is 103 Å². The van der Waals surface area contributed by atoms with Gasteiger partial charge in [0.1, 0.15) is 16.9 Å². The molecule has 162 valence electrons. The van der Waals surface area contributed by atoms with Crippen molar-refractivity contribution in [2.45, 2.75) is 64.5 Å². The van der Waals surface area contributed by atoms with E-state index in [4.69, 9.17) is 9.15 Å². The molecule has 1 amide bonds. The van der Waals surface area contributed by atoms with E-state index in [-0.39, 0.29) is 29.4 Å². The fourth-order valence-electron chi connectivity index (χ4n) is 4.39. The molecule has 30 heavy (non-hydrogen) atoms. The van der Waals surface area contributed by atoms with Gasteiger partial charge in [-0.05, 0) is 64.2 Å². The molecule has 0 radical (unpaired) electrons. The maximum Gasteiger partial charge on any atom is 0.340 e. The summed E-state index contributed by atoms with van der Waals surface area (Å²) in [6, 6.07) is 3.73. The Morgan fingerprint density at radius 3 is 2.60 bits per heavy atom. The lowest BCUT2D eigenvalue weighted by atomic mass is 9.92. The van der Waals surface area contributed by atoms with Crippen LogP contribution in [0.5, 0.6) is 5.75 Å². The first kappa shape index (κ1) is 20.9. The summed E-state index contributed by atoms with van der Waals surface area (Å²) in [7, 11) is -3.14. The van der Waals surface area contributed by atoms with Crippen molar-refractivity contribution in [1.82, 2.24) is 5.32 Å². The molecule has 7 nitrogen and oxygen atoms in total. The summed E-state index contributed by atoms with van der Waals surface area (Å²) in [4.78, 5) is 25.2. The molecule has 2 aromatic rings. The number of nitrogens with one attached hydrogen (secondary N) is 1. The number of aryl methyl sites for hydroxylation is 2. The van der Waals surface area contributed by atoms with Crippen molar-refractivity contribution in [3.63, 3.8) is 0 Å². The van der Waals surface area contributed by atoms with Gasteiger partial charge in [0.15, 0.2) is 9.84 Å². The first-order chi connectivity index (χ1) is 13.9. The third-order valence-electron chi connectivity index (χ3n) is 6.13. The lowest BCUT2D eigenvalue weighted by molar-refractivity contribution is -0.122. The molecule has 1 saturated heterocycles. The summed E-state index contributed by atoms with van der Waals surface area (Å²) in [5.41, 5.74) is 0.857. The van der Waals surface area contributed by atoms with Gasteiger partial charge in [-0.25, -0.2) is 13.2 Å². The van der Waals surface area contributed by atoms with Gasteiger partial charge in [0.25, 0.3) is 0 Å². The number of rotatable bonds is 3. The molecule has 2 aliphatic heterocycles. The lowest BCUT2D eigenvalue weighted by Gasteiger charge is -2.32. The van der Waals surface area contributed by atoms with Gasteiger partial charge >= 0.3 is 5.63 Å². The quantitative estimate of drug-likeness (QED) is 0.746. The summed E-state index contributed by atoms with van der Waals surface area (Å²) in [5, 5.41) is 3.59. The highest BCUT2D eigenvalue weighted by molar-refractivity contribution is 7.91. The Morgan fingerprint density at radius 2 is 1.93 bits per heavy atom. The Bertz CT molecular complexity index is 1210. The van der Waals surface area contributed by atoms with Crippen molar-refractivity contribution in [1.29, 1.82) is 0 Å². The molecule has 2 aliphatic rings. The summed E-state index contributed by atoms with van der Waals surface area (Å²) >= 11 is 0. The van der Waals surface area contributed by atoms with Crippen molar-refractivity contribution in [3.8, 4) is 5.75 Å². The van der Waals surface area contributed by atoms with Crippen molar-refractivity contribution >= 4 is 26.7 Å². The van der Waals surface area contributed by atoms with E-state index < -0.39 is 21.0 Å². The summed E-state index contributed by atoms with van der Waals surface area (Å²) in [5.74, 6) is 0.319. The molecule has 1 N–H and O–H groups in total. The van der Waals surface area contributed by atoms with Crippen LogP contribution >= 0.6 is 0 Å². The molecule has 0 aliphatic carbocycles. The fraction of sp³-hybridized carbons (Fsp3) is 0.545. The summed E-state index contributed by atoms with van der Waals surface area (Å²) < 4.78 is 35.1. The number of fused-ring (bicyclic) bond motifs is 2. The predicted molar refractivity (Wildman–Crippen MR) is 114 cm³/mol. The van der Waals surface area contributed by atoms with Crippen LogP contribution in [-0.2, 0) is 27.5 Å². The highest BCUT2D eigenvalue weighted by atomic mass is 32.2. The monoisotopic (exact) mass is 433 g/mol. The summed E-state index contributed by atoms with van der Waals surface area (Å²) in [6.45, 7) is 7.58. The van der Waals surface area contributed by atoms with E-state index in [0.29, 0.717) is 23.1 Å². The van der Waals surface area contributed by atoms with Crippen LogP contribution in [0.1, 0.15) is 50.3 Å². The Hall–Kier alpha value is -2.35. The average molecular weight is 434 g/mol. The van der Waals surface area contributed by atoms with Crippen LogP contribution in [0.2, 0.25) is 0 Å². The number of sulfone groups is 1. The molecule has 0 saturated carbocycles. The zero-order valence-electron chi connectivity index (χ0n) is 17.8. The number of amides is 1. The third-order valence-corrected chi connectivity index (χ3v) is 8.04. The highest BCUT2D eigenvalue weighted by Gasteiger charge is 2.39. The SMILES string of the molecule is Cc1c(CC(=O)N[C@]2(C)CCS(=O)(=O)C2)c(=O)oc2cc3c(cc12)CCC(C)(C)O3. The van der Waals surface area contributed by atoms with E-state index in [2.05, 4.69) is 5.32 Å². The van der Waals surface area contributed by atoms with Gasteiger partial charge in [0.2, 0.25) is 5.91 Å². The fourth-order valence-corrected chi connectivity index (χ4v) is 6.48. The summed E-state index contributed by atoms with van der Waals surface area (Å²) in [6.07, 6.45) is 1.97. The normalized spacial score (nSPS) is 24.3. The van der Waals surface area contributed by atoms with Crippen LogP contribution in [0.15, 0.2) is 21.3 Å². The molecule has 3 heterocycles. The van der Waals surface area contributed by atoms with E-state index >= 15 is 0 Å². The van der Waals surface area contributed by atoms with Gasteiger partial charge in [0.05, 0.1) is 29.0 Å². The van der Waals surface area contributed by atoms with Crippen molar-refractivity contribution in [2.24, 2.45) is 0 Å². The number of ether oxygens (including phenoxy) is 1. The largest absolute Gasteiger partial charge is 0.487 e. The average Bonchev–Trinajstić information content (AvgIpc) is 2.89. The van der Waals surface area contributed by atoms with E-state index in [9.17, 15) is 18.0 Å². The molecule has 4 rings (SSSR count). The van der Waals surface area contributed by atoms with Crippen LogP contribution in [0.3, 0.4) is 0 Å². The van der Waals surface area contributed by atoms with Gasteiger partial charge in [-0.1, -0.05) is 0 Å². The van der Waals surface area contributed by atoms with E-state index in [1.807, 2.05) is 26.8 Å². The molecule has 8 heteroatoms. The first-order valence-corrected chi connectivity index (χ1v) is 12.0. The van der Waals surface area contributed by atoms with Crippen molar-refractivity contribution in [2.75, 3.05) is 11.5 Å². The maximum atomic E-state index is 12.6. The molecule has 1 fully saturated rings. The van der Waals surface area contributed by atoms with E-state index in [1.165, 1.54) is 0 Å². The lowest BCUT2D eigenvalue weighted by Crippen LogP contribution is -2.47. The zero-order valence-corrected chi connectivity index (χ0v) is 18.6. The molecule has 1 aromatic carbocycles.